The van der Waals surface area contributed by atoms with Gasteiger partial charge in [0, 0.05) is 19.0 Å². The summed E-state index contributed by atoms with van der Waals surface area (Å²) in [7, 11) is 0. The van der Waals surface area contributed by atoms with Crippen molar-refractivity contribution in [2.75, 3.05) is 13.1 Å². The van der Waals surface area contributed by atoms with Crippen LogP contribution in [-0.2, 0) is 32.2 Å². The Bertz CT molecular complexity index is 956. The Morgan fingerprint density at radius 3 is 2.15 bits per heavy atom. The Labute approximate surface area is 195 Å². The lowest BCUT2D eigenvalue weighted by molar-refractivity contribution is -0.149. The third-order valence-corrected chi connectivity index (χ3v) is 5.33. The van der Waals surface area contributed by atoms with Crippen LogP contribution < -0.4 is 0 Å². The molecule has 2 aromatic carbocycles. The molecule has 7 heteroatoms. The number of nitrogens with zero attached hydrogens (tertiary/aromatic N) is 2. The lowest BCUT2D eigenvalue weighted by Gasteiger charge is -2.32. The fraction of sp³-hybridized carbons (Fsp3) is 0.423. The van der Waals surface area contributed by atoms with Gasteiger partial charge in [-0.1, -0.05) is 67.6 Å². The lowest BCUT2D eigenvalue weighted by atomic mass is 10.0. The maximum Gasteiger partial charge on any atom is 0.411 e. The van der Waals surface area contributed by atoms with E-state index in [0.29, 0.717) is 6.54 Å². The van der Waals surface area contributed by atoms with Gasteiger partial charge in [0.25, 0.3) is 0 Å². The van der Waals surface area contributed by atoms with E-state index < -0.39 is 23.7 Å². The van der Waals surface area contributed by atoms with E-state index in [9.17, 15) is 14.4 Å². The van der Waals surface area contributed by atoms with Crippen LogP contribution in [0, 0.1) is 5.92 Å². The predicted octanol–water partition coefficient (Wildman–Crippen LogP) is 4.01. The molecule has 0 aliphatic carbocycles. The molecule has 0 saturated carbocycles. The molecule has 0 aromatic heterocycles. The molecular weight excluding hydrogens is 420 g/mol. The maximum absolute atomic E-state index is 13.3. The van der Waals surface area contributed by atoms with Crippen molar-refractivity contribution in [2.45, 2.75) is 52.5 Å². The van der Waals surface area contributed by atoms with E-state index in [0.717, 1.165) is 11.1 Å². The minimum atomic E-state index is -0.720. The summed E-state index contributed by atoms with van der Waals surface area (Å²) >= 11 is 0. The van der Waals surface area contributed by atoms with Gasteiger partial charge >= 0.3 is 12.1 Å². The number of esters is 1. The zero-order valence-corrected chi connectivity index (χ0v) is 19.7. The van der Waals surface area contributed by atoms with Gasteiger partial charge in [0.05, 0.1) is 0 Å². The van der Waals surface area contributed by atoms with E-state index in [4.69, 9.17) is 9.47 Å². The highest BCUT2D eigenvalue weighted by Gasteiger charge is 2.45. The van der Waals surface area contributed by atoms with Gasteiger partial charge in [0.2, 0.25) is 5.91 Å². The van der Waals surface area contributed by atoms with E-state index in [1.54, 1.807) is 20.8 Å². The zero-order chi connectivity index (χ0) is 24.0. The standard InChI is InChI=1S/C26H32N2O5/c1-19-15-27(17-22(29)32-18-21-13-9-6-10-14-21)24(30)23(19)28(25(31)33-26(2,3)4)16-20-11-7-5-8-12-20/h5-14,19,23H,15-18H2,1-4H3/t19-,23+/m0/s1. The molecule has 0 spiro atoms. The van der Waals surface area contributed by atoms with Gasteiger partial charge in [-0.3, -0.25) is 14.5 Å². The molecule has 2 aromatic rings. The van der Waals surface area contributed by atoms with Gasteiger partial charge in [-0.2, -0.15) is 0 Å². The molecule has 1 aliphatic heterocycles. The van der Waals surface area contributed by atoms with Crippen molar-refractivity contribution in [3.8, 4) is 0 Å². The molecule has 3 rings (SSSR count). The topological polar surface area (TPSA) is 76.2 Å². The zero-order valence-electron chi connectivity index (χ0n) is 19.7. The van der Waals surface area contributed by atoms with Gasteiger partial charge in [-0.05, 0) is 31.9 Å². The molecule has 7 nitrogen and oxygen atoms in total. The van der Waals surface area contributed by atoms with Crippen LogP contribution in [0.4, 0.5) is 4.79 Å². The van der Waals surface area contributed by atoms with Crippen LogP contribution in [0.3, 0.4) is 0 Å². The molecule has 0 bridgehead atoms. The first-order valence-electron chi connectivity index (χ1n) is 11.2. The summed E-state index contributed by atoms with van der Waals surface area (Å²) in [6.45, 7) is 7.88. The van der Waals surface area contributed by atoms with Crippen molar-refractivity contribution < 1.29 is 23.9 Å². The highest BCUT2D eigenvalue weighted by molar-refractivity contribution is 5.90. The molecule has 176 valence electrons. The summed E-state index contributed by atoms with van der Waals surface area (Å²) in [6, 6.07) is 18.1. The van der Waals surface area contributed by atoms with Crippen LogP contribution in [0.25, 0.3) is 0 Å². The number of hydrogen-bond donors (Lipinski definition) is 0. The molecule has 0 N–H and O–H groups in total. The molecular formula is C26H32N2O5. The van der Waals surface area contributed by atoms with E-state index in [1.807, 2.05) is 67.6 Å². The normalized spacial score (nSPS) is 18.2. The molecule has 1 fully saturated rings. The van der Waals surface area contributed by atoms with Gasteiger partial charge in [-0.25, -0.2) is 4.79 Å². The van der Waals surface area contributed by atoms with Crippen molar-refractivity contribution >= 4 is 18.0 Å². The smallest absolute Gasteiger partial charge is 0.411 e. The summed E-state index contributed by atoms with van der Waals surface area (Å²) in [5.74, 6) is -0.927. The van der Waals surface area contributed by atoms with Gasteiger partial charge in [-0.15, -0.1) is 0 Å². The molecule has 0 radical (unpaired) electrons. The minimum absolute atomic E-state index is 0.152. The van der Waals surface area contributed by atoms with Crippen LogP contribution >= 0.6 is 0 Å². The number of amides is 2. The monoisotopic (exact) mass is 452 g/mol. The second kappa shape index (κ2) is 10.5. The highest BCUT2D eigenvalue weighted by atomic mass is 16.6. The average Bonchev–Trinajstić information content (AvgIpc) is 3.03. The second-order valence-corrected chi connectivity index (χ2v) is 9.38. The lowest BCUT2D eigenvalue weighted by Crippen LogP contribution is -2.49. The molecule has 0 unspecified atom stereocenters. The van der Waals surface area contributed by atoms with Crippen molar-refractivity contribution in [3.63, 3.8) is 0 Å². The number of hydrogen-bond acceptors (Lipinski definition) is 5. The van der Waals surface area contributed by atoms with E-state index in [2.05, 4.69) is 0 Å². The highest BCUT2D eigenvalue weighted by Crippen LogP contribution is 2.27. The predicted molar refractivity (Wildman–Crippen MR) is 124 cm³/mol. The maximum atomic E-state index is 13.3. The Balaban J connectivity index is 1.70. The quantitative estimate of drug-likeness (QED) is 0.593. The van der Waals surface area contributed by atoms with Gasteiger partial charge in [0.1, 0.15) is 24.8 Å². The summed E-state index contributed by atoms with van der Waals surface area (Å²) < 4.78 is 10.9. The Kier molecular flexibility index (Phi) is 7.74. The fourth-order valence-corrected chi connectivity index (χ4v) is 3.87. The molecule has 1 saturated heterocycles. The van der Waals surface area contributed by atoms with Crippen LogP contribution in [0.15, 0.2) is 60.7 Å². The van der Waals surface area contributed by atoms with Crippen molar-refractivity contribution in [3.05, 3.63) is 71.8 Å². The molecule has 1 heterocycles. The van der Waals surface area contributed by atoms with Crippen LogP contribution in [-0.4, -0.2) is 52.5 Å². The first-order valence-corrected chi connectivity index (χ1v) is 11.2. The summed E-state index contributed by atoms with van der Waals surface area (Å²) in [5.41, 5.74) is 1.07. The van der Waals surface area contributed by atoms with Crippen LogP contribution in [0.1, 0.15) is 38.8 Å². The fourth-order valence-electron chi connectivity index (χ4n) is 3.87. The number of carbonyl (C=O) groups excluding carboxylic acids is 3. The minimum Gasteiger partial charge on any atom is -0.459 e. The van der Waals surface area contributed by atoms with E-state index >= 15 is 0 Å². The molecule has 33 heavy (non-hydrogen) atoms. The Hall–Kier alpha value is -3.35. The third-order valence-electron chi connectivity index (χ3n) is 5.33. The summed E-state index contributed by atoms with van der Waals surface area (Å²) in [6.07, 6.45) is -0.551. The number of rotatable bonds is 7. The van der Waals surface area contributed by atoms with E-state index in [-0.39, 0.29) is 31.5 Å². The van der Waals surface area contributed by atoms with Gasteiger partial charge < -0.3 is 14.4 Å². The molecule has 2 atom stereocenters. The first kappa shape index (κ1) is 24.3. The SMILES string of the molecule is C[C@H]1CN(CC(=O)OCc2ccccc2)C(=O)[C@@H]1N(Cc1ccccc1)C(=O)OC(C)(C)C. The number of ether oxygens (including phenoxy) is 2. The second-order valence-electron chi connectivity index (χ2n) is 9.38. The average molecular weight is 453 g/mol. The first-order chi connectivity index (χ1) is 15.6. The van der Waals surface area contributed by atoms with Crippen molar-refractivity contribution in [1.82, 2.24) is 9.80 Å². The number of carbonyl (C=O) groups is 3. The molecule has 2 amide bonds. The van der Waals surface area contributed by atoms with Crippen molar-refractivity contribution in [2.24, 2.45) is 5.92 Å². The third kappa shape index (κ3) is 6.81. The van der Waals surface area contributed by atoms with Gasteiger partial charge in [0.15, 0.2) is 0 Å². The number of likely N-dealkylation sites (tertiary alicyclic amines) is 1. The van der Waals surface area contributed by atoms with Crippen molar-refractivity contribution in [1.29, 1.82) is 0 Å². The summed E-state index contributed by atoms with van der Waals surface area (Å²) in [4.78, 5) is 41.7. The Morgan fingerprint density at radius 2 is 1.58 bits per heavy atom. The van der Waals surface area contributed by atoms with Crippen LogP contribution in [0.5, 0.6) is 0 Å². The van der Waals surface area contributed by atoms with Crippen LogP contribution in [0.2, 0.25) is 0 Å². The van der Waals surface area contributed by atoms with E-state index in [1.165, 1.54) is 9.80 Å². The summed E-state index contributed by atoms with van der Waals surface area (Å²) in [5, 5.41) is 0. The Morgan fingerprint density at radius 1 is 1.00 bits per heavy atom. The number of benzene rings is 2. The largest absolute Gasteiger partial charge is 0.459 e. The molecule has 1 aliphatic rings.